The van der Waals surface area contributed by atoms with Crippen LogP contribution in [-0.2, 0) is 0 Å². The van der Waals surface area contributed by atoms with Crippen molar-refractivity contribution in [2.45, 2.75) is 0 Å². The lowest BCUT2D eigenvalue weighted by Gasteiger charge is -2.14. The van der Waals surface area contributed by atoms with Gasteiger partial charge in [-0.15, -0.1) is 0 Å². The fourth-order valence-electron chi connectivity index (χ4n) is 1.93. The number of anilines is 2. The van der Waals surface area contributed by atoms with E-state index in [9.17, 15) is 14.9 Å². The van der Waals surface area contributed by atoms with Gasteiger partial charge in [-0.05, 0) is 48.6 Å². The Kier molecular flexibility index (Phi) is 5.85. The van der Waals surface area contributed by atoms with Crippen LogP contribution in [0.1, 0.15) is 10.4 Å². The average Bonchev–Trinajstić information content (AvgIpc) is 2.60. The van der Waals surface area contributed by atoms with E-state index in [1.54, 1.807) is 12.1 Å². The third-order valence-corrected chi connectivity index (χ3v) is 3.48. The average molecular weight is 359 g/mol. The third-order valence-electron chi connectivity index (χ3n) is 3.27. The second kappa shape index (κ2) is 8.06. The van der Waals surface area contributed by atoms with Crippen molar-refractivity contribution >= 4 is 40.3 Å². The minimum atomic E-state index is -0.484. The topological polar surface area (TPSA) is 99.5 Å². The summed E-state index contributed by atoms with van der Waals surface area (Å²) in [7, 11) is 3.83. The van der Waals surface area contributed by atoms with Crippen molar-refractivity contribution in [1.29, 1.82) is 0 Å². The highest BCUT2D eigenvalue weighted by Crippen LogP contribution is 2.15. The van der Waals surface area contributed by atoms with Gasteiger partial charge in [-0.25, -0.2) is 0 Å². The number of carbonyl (C=O) groups is 1. The van der Waals surface area contributed by atoms with Crippen molar-refractivity contribution < 1.29 is 9.72 Å². The number of nitro benzene ring substituents is 1. The lowest BCUT2D eigenvalue weighted by Crippen LogP contribution is -2.43. The molecule has 9 heteroatoms. The molecule has 0 fully saturated rings. The number of rotatable bonds is 4. The van der Waals surface area contributed by atoms with Crippen molar-refractivity contribution in [1.82, 2.24) is 10.9 Å². The molecule has 130 valence electrons. The summed E-state index contributed by atoms with van der Waals surface area (Å²) in [4.78, 5) is 24.1. The molecule has 0 aliphatic heterocycles. The number of nitrogens with zero attached hydrogens (tertiary/aromatic N) is 2. The van der Waals surface area contributed by atoms with Gasteiger partial charge in [0, 0.05) is 43.2 Å². The largest absolute Gasteiger partial charge is 0.378 e. The molecule has 8 nitrogen and oxygen atoms in total. The Morgan fingerprint density at radius 1 is 1.04 bits per heavy atom. The predicted octanol–water partition coefficient (Wildman–Crippen LogP) is 2.29. The van der Waals surface area contributed by atoms with Crippen LogP contribution in [0.5, 0.6) is 0 Å². The zero-order chi connectivity index (χ0) is 18.4. The van der Waals surface area contributed by atoms with Gasteiger partial charge in [0.15, 0.2) is 5.11 Å². The summed E-state index contributed by atoms with van der Waals surface area (Å²) in [5, 5.41) is 13.6. The Morgan fingerprint density at radius 2 is 1.64 bits per heavy atom. The zero-order valence-electron chi connectivity index (χ0n) is 13.6. The van der Waals surface area contributed by atoms with Gasteiger partial charge in [-0.1, -0.05) is 0 Å². The van der Waals surface area contributed by atoms with Gasteiger partial charge in [0.05, 0.1) is 4.92 Å². The van der Waals surface area contributed by atoms with Crippen LogP contribution in [0.2, 0.25) is 0 Å². The molecule has 0 heterocycles. The fourth-order valence-corrected chi connectivity index (χ4v) is 2.09. The Morgan fingerprint density at radius 3 is 2.16 bits per heavy atom. The van der Waals surface area contributed by atoms with Gasteiger partial charge in [0.1, 0.15) is 0 Å². The maximum Gasteiger partial charge on any atom is 0.269 e. The number of amides is 1. The van der Waals surface area contributed by atoms with Gasteiger partial charge in [0.2, 0.25) is 0 Å². The summed E-state index contributed by atoms with van der Waals surface area (Å²) in [5.74, 6) is -0.335. The van der Waals surface area contributed by atoms with Crippen molar-refractivity contribution in [2.24, 2.45) is 0 Å². The number of hydrogen-bond donors (Lipinski definition) is 3. The Balaban J connectivity index is 1.86. The number of benzene rings is 2. The quantitative estimate of drug-likeness (QED) is 0.437. The summed E-state index contributed by atoms with van der Waals surface area (Å²) >= 11 is 5.07. The predicted molar refractivity (Wildman–Crippen MR) is 101 cm³/mol. The number of hydrogen-bond acceptors (Lipinski definition) is 5. The normalized spacial score (nSPS) is 9.84. The molecule has 0 aromatic heterocycles. The van der Waals surface area contributed by atoms with Crippen LogP contribution in [0.3, 0.4) is 0 Å². The minimum absolute atomic E-state index is 0.0149. The van der Waals surface area contributed by atoms with Gasteiger partial charge in [-0.3, -0.25) is 25.8 Å². The number of non-ortho nitro benzene ring substituents is 1. The Labute approximate surface area is 150 Å². The molecule has 0 atom stereocenters. The number of nitro groups is 1. The van der Waals surface area contributed by atoms with E-state index in [1.807, 2.05) is 31.1 Å². The van der Waals surface area contributed by atoms with Crippen LogP contribution in [0.15, 0.2) is 48.5 Å². The molecular formula is C16H17N5O3S. The molecule has 1 amide bonds. The van der Waals surface area contributed by atoms with Crippen LogP contribution in [-0.4, -0.2) is 30.0 Å². The van der Waals surface area contributed by atoms with Crippen LogP contribution >= 0.6 is 12.2 Å². The SMILES string of the molecule is CN(C)c1ccc(C(=O)NNC(=S)Nc2ccc([N+](=O)[O-])cc2)cc1. The highest BCUT2D eigenvalue weighted by molar-refractivity contribution is 7.80. The molecule has 0 unspecified atom stereocenters. The molecular weight excluding hydrogens is 342 g/mol. The van der Waals surface area contributed by atoms with Crippen LogP contribution in [0.25, 0.3) is 0 Å². The smallest absolute Gasteiger partial charge is 0.269 e. The molecule has 0 bridgehead atoms. The summed E-state index contributed by atoms with van der Waals surface area (Å²) in [6.07, 6.45) is 0. The highest BCUT2D eigenvalue weighted by Gasteiger charge is 2.07. The molecule has 0 saturated carbocycles. The van der Waals surface area contributed by atoms with Crippen LogP contribution < -0.4 is 21.1 Å². The minimum Gasteiger partial charge on any atom is -0.378 e. The lowest BCUT2D eigenvalue weighted by molar-refractivity contribution is -0.384. The molecule has 0 aliphatic rings. The number of hydrazine groups is 1. The lowest BCUT2D eigenvalue weighted by atomic mass is 10.2. The van der Waals surface area contributed by atoms with Crippen molar-refractivity contribution in [3.63, 3.8) is 0 Å². The zero-order valence-corrected chi connectivity index (χ0v) is 14.5. The van der Waals surface area contributed by atoms with E-state index >= 15 is 0 Å². The van der Waals surface area contributed by atoms with E-state index in [0.29, 0.717) is 11.3 Å². The first-order chi connectivity index (χ1) is 11.9. The van der Waals surface area contributed by atoms with E-state index in [2.05, 4.69) is 16.2 Å². The number of thiocarbonyl (C=S) groups is 1. The summed E-state index contributed by atoms with van der Waals surface area (Å²) in [5.41, 5.74) is 7.08. The molecule has 3 N–H and O–H groups in total. The third kappa shape index (κ3) is 5.15. The maximum absolute atomic E-state index is 12.1. The maximum atomic E-state index is 12.1. The van der Waals surface area contributed by atoms with Gasteiger partial charge in [-0.2, -0.15) is 0 Å². The van der Waals surface area contributed by atoms with E-state index in [-0.39, 0.29) is 16.7 Å². The van der Waals surface area contributed by atoms with Crippen molar-refractivity contribution in [3.05, 3.63) is 64.2 Å². The van der Waals surface area contributed by atoms with Gasteiger partial charge >= 0.3 is 0 Å². The standard InChI is InChI=1S/C16H17N5O3S/c1-20(2)13-7-3-11(4-8-13)15(22)18-19-16(25)17-12-5-9-14(10-6-12)21(23)24/h3-10H,1-2H3,(H,18,22)(H2,17,19,25). The van der Waals surface area contributed by atoms with E-state index < -0.39 is 4.92 Å². The highest BCUT2D eigenvalue weighted by atomic mass is 32.1. The first-order valence-corrected chi connectivity index (χ1v) is 7.67. The first-order valence-electron chi connectivity index (χ1n) is 7.26. The molecule has 2 rings (SSSR count). The van der Waals surface area contributed by atoms with Gasteiger partial charge < -0.3 is 10.2 Å². The molecule has 0 saturated heterocycles. The Bertz CT molecular complexity index is 775. The van der Waals surface area contributed by atoms with Crippen LogP contribution in [0.4, 0.5) is 17.1 Å². The number of nitrogens with one attached hydrogen (secondary N) is 3. The van der Waals surface area contributed by atoms with E-state index in [4.69, 9.17) is 12.2 Å². The molecule has 0 spiro atoms. The Hall–Kier alpha value is -3.20. The summed E-state index contributed by atoms with van der Waals surface area (Å²) in [6.45, 7) is 0. The summed E-state index contributed by atoms with van der Waals surface area (Å²) < 4.78 is 0. The molecule has 2 aromatic rings. The fraction of sp³-hybridized carbons (Fsp3) is 0.125. The summed E-state index contributed by atoms with van der Waals surface area (Å²) in [6, 6.07) is 12.8. The van der Waals surface area contributed by atoms with Crippen molar-refractivity contribution in [2.75, 3.05) is 24.3 Å². The van der Waals surface area contributed by atoms with E-state index in [0.717, 1.165) is 5.69 Å². The monoisotopic (exact) mass is 359 g/mol. The van der Waals surface area contributed by atoms with Gasteiger partial charge in [0.25, 0.3) is 11.6 Å². The van der Waals surface area contributed by atoms with Crippen LogP contribution in [0, 0.1) is 10.1 Å². The molecule has 0 aliphatic carbocycles. The second-order valence-corrected chi connectivity index (χ2v) is 5.69. The second-order valence-electron chi connectivity index (χ2n) is 5.28. The molecule has 2 aromatic carbocycles. The molecule has 25 heavy (non-hydrogen) atoms. The van der Waals surface area contributed by atoms with E-state index in [1.165, 1.54) is 24.3 Å². The van der Waals surface area contributed by atoms with Crippen molar-refractivity contribution in [3.8, 4) is 0 Å². The molecule has 0 radical (unpaired) electrons. The first kappa shape index (κ1) is 18.1. The number of carbonyl (C=O) groups excluding carboxylic acids is 1.